The number of nitrogens with zero attached hydrogens (tertiary/aromatic N) is 3. The molecule has 0 aliphatic heterocycles. The van der Waals surface area contributed by atoms with Crippen molar-refractivity contribution in [2.24, 2.45) is 11.3 Å². The van der Waals surface area contributed by atoms with Crippen LogP contribution in [0.1, 0.15) is 69.6 Å². The van der Waals surface area contributed by atoms with E-state index in [0.29, 0.717) is 41.4 Å². The second-order valence-electron chi connectivity index (χ2n) is 10.6. The Morgan fingerprint density at radius 2 is 1.85 bits per heavy atom. The summed E-state index contributed by atoms with van der Waals surface area (Å²) in [6.07, 6.45) is 2.53. The molecule has 9 nitrogen and oxygen atoms in total. The van der Waals surface area contributed by atoms with Crippen LogP contribution >= 0.6 is 0 Å². The Hall–Kier alpha value is -4.19. The Kier molecular flexibility index (Phi) is 7.61. The number of rotatable bonds is 9. The molecule has 40 heavy (non-hydrogen) atoms. The molecule has 0 radical (unpaired) electrons. The van der Waals surface area contributed by atoms with Crippen molar-refractivity contribution in [3.8, 4) is 34.7 Å². The molecule has 0 spiro atoms. The predicted octanol–water partition coefficient (Wildman–Crippen LogP) is 5.61. The van der Waals surface area contributed by atoms with Crippen LogP contribution in [0.25, 0.3) is 22.8 Å². The van der Waals surface area contributed by atoms with E-state index in [-0.39, 0.29) is 31.2 Å². The van der Waals surface area contributed by atoms with Crippen LogP contribution in [0.3, 0.4) is 0 Å². The molecular formula is C31H33N3O6. The molecule has 0 amide bonds. The molecule has 0 saturated heterocycles. The van der Waals surface area contributed by atoms with Gasteiger partial charge in [-0.05, 0) is 94.5 Å². The standard InChI is InChI=1S/C31H33N3O6/c1-5-37-29(35)31(30(36)38-6-2)15-21(16-31)22-11-12-24-23(22)8-7-9-25(24)27-33-28(40-34-27)19-10-13-26(39-18(3)4)20(14-19)17-32/h7-10,13-14,18,21-22H,5-6,11-12,15-16H2,1-4H3/t22-/m1/s1. The molecule has 208 valence electrons. The van der Waals surface area contributed by atoms with Crippen molar-refractivity contribution in [1.29, 1.82) is 5.26 Å². The zero-order valence-corrected chi connectivity index (χ0v) is 23.2. The Balaban J connectivity index is 1.37. The molecule has 1 heterocycles. The molecule has 1 aromatic heterocycles. The lowest BCUT2D eigenvalue weighted by Gasteiger charge is -2.45. The summed E-state index contributed by atoms with van der Waals surface area (Å²) in [7, 11) is 0. The van der Waals surface area contributed by atoms with Gasteiger partial charge in [0.15, 0.2) is 5.41 Å². The second kappa shape index (κ2) is 11.1. The first-order valence-corrected chi connectivity index (χ1v) is 13.8. The van der Waals surface area contributed by atoms with E-state index in [2.05, 4.69) is 22.3 Å². The monoisotopic (exact) mass is 543 g/mol. The van der Waals surface area contributed by atoms with Gasteiger partial charge in [0.1, 0.15) is 11.8 Å². The van der Waals surface area contributed by atoms with Crippen molar-refractivity contribution in [3.05, 3.63) is 53.1 Å². The quantitative estimate of drug-likeness (QED) is 0.250. The van der Waals surface area contributed by atoms with Gasteiger partial charge < -0.3 is 18.7 Å². The van der Waals surface area contributed by atoms with Crippen molar-refractivity contribution >= 4 is 11.9 Å². The van der Waals surface area contributed by atoms with Crippen molar-refractivity contribution in [2.45, 2.75) is 65.4 Å². The second-order valence-corrected chi connectivity index (χ2v) is 10.6. The number of carbonyl (C=O) groups is 2. The number of nitriles is 1. The molecule has 2 aliphatic carbocycles. The molecule has 1 saturated carbocycles. The number of hydrogen-bond donors (Lipinski definition) is 0. The number of fused-ring (bicyclic) bond motifs is 1. The largest absolute Gasteiger partial charge is 0.490 e. The van der Waals surface area contributed by atoms with Gasteiger partial charge in [-0.3, -0.25) is 9.59 Å². The van der Waals surface area contributed by atoms with E-state index in [4.69, 9.17) is 18.7 Å². The number of hydrogen-bond acceptors (Lipinski definition) is 9. The topological polar surface area (TPSA) is 125 Å². The molecule has 1 atom stereocenters. The van der Waals surface area contributed by atoms with Crippen LogP contribution in [0.4, 0.5) is 0 Å². The third kappa shape index (κ3) is 4.83. The molecular weight excluding hydrogens is 510 g/mol. The van der Waals surface area contributed by atoms with E-state index >= 15 is 0 Å². The highest BCUT2D eigenvalue weighted by Crippen LogP contribution is 2.56. The van der Waals surface area contributed by atoms with E-state index in [1.165, 1.54) is 5.56 Å². The van der Waals surface area contributed by atoms with Gasteiger partial charge in [0.25, 0.3) is 5.89 Å². The van der Waals surface area contributed by atoms with E-state index in [1.807, 2.05) is 26.0 Å². The van der Waals surface area contributed by atoms with Gasteiger partial charge in [-0.1, -0.05) is 23.4 Å². The smallest absolute Gasteiger partial charge is 0.323 e. The molecule has 5 rings (SSSR count). The molecule has 1 fully saturated rings. The third-order valence-electron chi connectivity index (χ3n) is 7.82. The minimum atomic E-state index is -1.21. The van der Waals surface area contributed by atoms with Gasteiger partial charge in [0.2, 0.25) is 5.82 Å². The molecule has 0 unspecified atom stereocenters. The summed E-state index contributed by atoms with van der Waals surface area (Å²) in [5.74, 6) is 0.724. The normalized spacial score (nSPS) is 17.6. The lowest BCUT2D eigenvalue weighted by molar-refractivity contribution is -0.184. The minimum absolute atomic E-state index is 0.0522. The maximum absolute atomic E-state index is 12.8. The highest BCUT2D eigenvalue weighted by Gasteiger charge is 2.60. The Morgan fingerprint density at radius 3 is 2.50 bits per heavy atom. The summed E-state index contributed by atoms with van der Waals surface area (Å²) >= 11 is 0. The Morgan fingerprint density at radius 1 is 1.12 bits per heavy atom. The van der Waals surface area contributed by atoms with Crippen LogP contribution in [0.2, 0.25) is 0 Å². The number of benzene rings is 2. The first-order chi connectivity index (χ1) is 19.3. The van der Waals surface area contributed by atoms with Gasteiger partial charge in [-0.2, -0.15) is 10.2 Å². The van der Waals surface area contributed by atoms with Gasteiger partial charge in [-0.15, -0.1) is 0 Å². The van der Waals surface area contributed by atoms with E-state index in [0.717, 1.165) is 24.0 Å². The fourth-order valence-corrected chi connectivity index (χ4v) is 6.02. The minimum Gasteiger partial charge on any atom is -0.490 e. The highest BCUT2D eigenvalue weighted by molar-refractivity contribution is 6.01. The predicted molar refractivity (Wildman–Crippen MR) is 145 cm³/mol. The average molecular weight is 544 g/mol. The lowest BCUT2D eigenvalue weighted by Crippen LogP contribution is -2.52. The summed E-state index contributed by atoms with van der Waals surface area (Å²) in [6.45, 7) is 7.74. The van der Waals surface area contributed by atoms with Gasteiger partial charge >= 0.3 is 11.9 Å². The number of carbonyl (C=O) groups excluding carboxylic acids is 2. The van der Waals surface area contributed by atoms with Crippen LogP contribution in [0.15, 0.2) is 40.9 Å². The number of ether oxygens (including phenoxy) is 3. The third-order valence-corrected chi connectivity index (χ3v) is 7.82. The van der Waals surface area contributed by atoms with Crippen LogP contribution in [0.5, 0.6) is 5.75 Å². The average Bonchev–Trinajstić information content (AvgIpc) is 3.56. The van der Waals surface area contributed by atoms with Gasteiger partial charge in [0.05, 0.1) is 24.9 Å². The maximum Gasteiger partial charge on any atom is 0.323 e. The first kappa shape index (κ1) is 27.4. The number of aromatic nitrogens is 2. The van der Waals surface area contributed by atoms with Gasteiger partial charge in [0, 0.05) is 11.1 Å². The van der Waals surface area contributed by atoms with E-state index in [9.17, 15) is 14.9 Å². The zero-order valence-electron chi connectivity index (χ0n) is 23.2. The molecule has 3 aromatic rings. The maximum atomic E-state index is 12.8. The molecule has 2 aromatic carbocycles. The van der Waals surface area contributed by atoms with Crippen molar-refractivity contribution in [3.63, 3.8) is 0 Å². The summed E-state index contributed by atoms with van der Waals surface area (Å²) in [5, 5.41) is 13.8. The molecule has 9 heteroatoms. The fourth-order valence-electron chi connectivity index (χ4n) is 6.02. The first-order valence-electron chi connectivity index (χ1n) is 13.8. The Bertz CT molecular complexity index is 1440. The van der Waals surface area contributed by atoms with Crippen LogP contribution in [0, 0.1) is 22.7 Å². The van der Waals surface area contributed by atoms with Crippen LogP contribution in [-0.2, 0) is 25.5 Å². The summed E-state index contributed by atoms with van der Waals surface area (Å²) in [4.78, 5) is 30.2. The van der Waals surface area contributed by atoms with Crippen molar-refractivity contribution in [1.82, 2.24) is 10.1 Å². The SMILES string of the molecule is CCOC(=O)C1(C(=O)OCC)CC([C@H]2CCc3c(-c4noc(-c5ccc(OC(C)C)c(C#N)c5)n4)cccc32)C1. The fraction of sp³-hybridized carbons (Fsp3) is 0.452. The van der Waals surface area contributed by atoms with Crippen LogP contribution < -0.4 is 4.74 Å². The Labute approximate surface area is 233 Å². The van der Waals surface area contributed by atoms with Crippen molar-refractivity contribution in [2.75, 3.05) is 13.2 Å². The summed E-state index contributed by atoms with van der Waals surface area (Å²) in [6, 6.07) is 13.5. The van der Waals surface area contributed by atoms with E-state index in [1.54, 1.807) is 32.0 Å². The lowest BCUT2D eigenvalue weighted by atomic mass is 9.57. The van der Waals surface area contributed by atoms with E-state index < -0.39 is 17.4 Å². The molecule has 0 bridgehead atoms. The van der Waals surface area contributed by atoms with Gasteiger partial charge in [-0.25, -0.2) is 0 Å². The van der Waals surface area contributed by atoms with Crippen molar-refractivity contribution < 1.29 is 28.3 Å². The van der Waals surface area contributed by atoms with Crippen LogP contribution in [-0.4, -0.2) is 41.4 Å². The number of esters is 2. The zero-order chi connectivity index (χ0) is 28.4. The molecule has 0 N–H and O–H groups in total. The molecule has 2 aliphatic rings. The summed E-state index contributed by atoms with van der Waals surface area (Å²) < 4.78 is 21.8. The highest BCUT2D eigenvalue weighted by atomic mass is 16.6. The summed E-state index contributed by atoms with van der Waals surface area (Å²) in [5.41, 5.74) is 3.08.